The van der Waals surface area contributed by atoms with Gasteiger partial charge in [0, 0.05) is 25.4 Å². The quantitative estimate of drug-likeness (QED) is 0.844. The highest BCUT2D eigenvalue weighted by atomic mass is 35.5. The fraction of sp³-hybridized carbons (Fsp3) is 0.538. The molecule has 1 aliphatic heterocycles. The van der Waals surface area contributed by atoms with E-state index >= 15 is 0 Å². The van der Waals surface area contributed by atoms with Gasteiger partial charge in [0.15, 0.2) is 0 Å². The topological polar surface area (TPSA) is 72.6 Å². The van der Waals surface area contributed by atoms with Crippen molar-refractivity contribution in [3.63, 3.8) is 0 Å². The maximum absolute atomic E-state index is 12.6. The molecule has 2 N–H and O–H groups in total. The molecule has 0 radical (unpaired) electrons. The van der Waals surface area contributed by atoms with E-state index in [9.17, 15) is 8.42 Å². The smallest absolute Gasteiger partial charge is 0.244 e. The van der Waals surface area contributed by atoms with Gasteiger partial charge in [-0.25, -0.2) is 8.42 Å². The molecule has 0 spiro atoms. The van der Waals surface area contributed by atoms with Crippen molar-refractivity contribution < 1.29 is 13.2 Å². The number of hydrogen-bond acceptors (Lipinski definition) is 4. The Kier molecular flexibility index (Phi) is 4.90. The Balaban J connectivity index is 2.26. The normalized spacial score (nSPS) is 19.6. The monoisotopic (exact) mass is 318 g/mol. The summed E-state index contributed by atoms with van der Waals surface area (Å²) in [7, 11) is -3.62. The van der Waals surface area contributed by atoms with E-state index in [1.165, 1.54) is 16.4 Å². The Labute approximate surface area is 124 Å². The van der Waals surface area contributed by atoms with Crippen LogP contribution in [0.3, 0.4) is 0 Å². The van der Waals surface area contributed by atoms with E-state index in [1.807, 2.05) is 0 Å². The fourth-order valence-corrected chi connectivity index (χ4v) is 4.29. The largest absolute Gasteiger partial charge is 0.399 e. The van der Waals surface area contributed by atoms with Crippen molar-refractivity contribution in [3.05, 3.63) is 23.2 Å². The highest BCUT2D eigenvalue weighted by molar-refractivity contribution is 7.89. The van der Waals surface area contributed by atoms with Gasteiger partial charge in [0.25, 0.3) is 0 Å². The van der Waals surface area contributed by atoms with Crippen molar-refractivity contribution in [3.8, 4) is 0 Å². The Morgan fingerprint density at radius 2 is 2.25 bits per heavy atom. The van der Waals surface area contributed by atoms with E-state index in [0.29, 0.717) is 25.4 Å². The Morgan fingerprint density at radius 3 is 2.80 bits per heavy atom. The lowest BCUT2D eigenvalue weighted by Crippen LogP contribution is -2.37. The van der Waals surface area contributed by atoms with E-state index in [4.69, 9.17) is 22.1 Å². The second-order valence-electron chi connectivity index (χ2n) is 4.78. The van der Waals surface area contributed by atoms with E-state index in [1.54, 1.807) is 13.0 Å². The van der Waals surface area contributed by atoms with Crippen LogP contribution in [0.15, 0.2) is 23.1 Å². The average Bonchev–Trinajstić information content (AvgIpc) is 2.88. The maximum atomic E-state index is 12.6. The molecule has 1 saturated heterocycles. The molecule has 1 fully saturated rings. The second-order valence-corrected chi connectivity index (χ2v) is 7.09. The number of nitrogen functional groups attached to an aromatic ring is 1. The first-order valence-corrected chi connectivity index (χ1v) is 8.43. The van der Waals surface area contributed by atoms with Gasteiger partial charge < -0.3 is 10.5 Å². The van der Waals surface area contributed by atoms with E-state index in [0.717, 1.165) is 12.8 Å². The molecule has 7 heteroatoms. The van der Waals surface area contributed by atoms with Crippen LogP contribution in [0.4, 0.5) is 5.69 Å². The summed E-state index contributed by atoms with van der Waals surface area (Å²) in [5, 5.41) is 0.149. The molecule has 0 amide bonds. The number of halogens is 1. The minimum absolute atomic E-state index is 0.0303. The standard InChI is InChI=1S/C13H19ClN2O3S/c1-2-16(9-11-4-3-7-19-11)20(17,18)13-6-5-10(15)8-12(13)14/h5-6,8,11H,2-4,7,9,15H2,1H3. The number of ether oxygens (including phenoxy) is 1. The van der Waals surface area contributed by atoms with Crippen LogP contribution < -0.4 is 5.73 Å². The minimum Gasteiger partial charge on any atom is -0.399 e. The van der Waals surface area contributed by atoms with E-state index < -0.39 is 10.0 Å². The average molecular weight is 319 g/mol. The number of hydrogen-bond donors (Lipinski definition) is 1. The summed E-state index contributed by atoms with van der Waals surface area (Å²) < 4.78 is 32.2. The van der Waals surface area contributed by atoms with Crippen LogP contribution in [-0.2, 0) is 14.8 Å². The molecule has 0 saturated carbocycles. The molecule has 1 heterocycles. The van der Waals surface area contributed by atoms with Crippen LogP contribution >= 0.6 is 11.6 Å². The number of anilines is 1. The molecule has 0 bridgehead atoms. The van der Waals surface area contributed by atoms with Gasteiger partial charge in [-0.1, -0.05) is 18.5 Å². The van der Waals surface area contributed by atoms with Crippen LogP contribution in [0.5, 0.6) is 0 Å². The highest BCUT2D eigenvalue weighted by Crippen LogP contribution is 2.27. The molecule has 0 aromatic heterocycles. The van der Waals surface area contributed by atoms with Gasteiger partial charge in [-0.15, -0.1) is 0 Å². The lowest BCUT2D eigenvalue weighted by atomic mass is 10.2. The molecular formula is C13H19ClN2O3S. The zero-order valence-electron chi connectivity index (χ0n) is 11.4. The third-order valence-corrected chi connectivity index (χ3v) is 5.78. The molecular weight excluding hydrogens is 300 g/mol. The van der Waals surface area contributed by atoms with Crippen molar-refractivity contribution in [2.45, 2.75) is 30.8 Å². The van der Waals surface area contributed by atoms with Gasteiger partial charge in [-0.3, -0.25) is 0 Å². The van der Waals surface area contributed by atoms with Crippen LogP contribution in [0, 0.1) is 0 Å². The van der Waals surface area contributed by atoms with Crippen molar-refractivity contribution >= 4 is 27.3 Å². The molecule has 1 atom stereocenters. The Bertz CT molecular complexity index is 571. The third-order valence-electron chi connectivity index (χ3n) is 3.36. The molecule has 1 aromatic carbocycles. The molecule has 1 unspecified atom stereocenters. The first kappa shape index (κ1) is 15.6. The first-order valence-electron chi connectivity index (χ1n) is 6.62. The molecule has 5 nitrogen and oxygen atoms in total. The molecule has 2 rings (SSSR count). The lowest BCUT2D eigenvalue weighted by molar-refractivity contribution is 0.0947. The van der Waals surface area contributed by atoms with Gasteiger partial charge in [0.2, 0.25) is 10.0 Å². The summed E-state index contributed by atoms with van der Waals surface area (Å²) in [5.74, 6) is 0. The zero-order chi connectivity index (χ0) is 14.8. The third kappa shape index (κ3) is 3.25. The van der Waals surface area contributed by atoms with Crippen LogP contribution in [-0.4, -0.2) is 38.5 Å². The van der Waals surface area contributed by atoms with Crippen LogP contribution in [0.25, 0.3) is 0 Å². The minimum atomic E-state index is -3.62. The SMILES string of the molecule is CCN(CC1CCCO1)S(=O)(=O)c1ccc(N)cc1Cl. The first-order chi connectivity index (χ1) is 9.45. The number of nitrogens with zero attached hydrogens (tertiary/aromatic N) is 1. The van der Waals surface area contributed by atoms with Gasteiger partial charge >= 0.3 is 0 Å². The summed E-state index contributed by atoms with van der Waals surface area (Å²) in [6, 6.07) is 4.44. The second kappa shape index (κ2) is 6.30. The summed E-state index contributed by atoms with van der Waals surface area (Å²) >= 11 is 6.01. The number of benzene rings is 1. The zero-order valence-corrected chi connectivity index (χ0v) is 13.0. The number of nitrogens with two attached hydrogens (primary N) is 1. The number of rotatable bonds is 5. The van der Waals surface area contributed by atoms with Crippen LogP contribution in [0.1, 0.15) is 19.8 Å². The highest BCUT2D eigenvalue weighted by Gasteiger charge is 2.29. The predicted molar refractivity (Wildman–Crippen MR) is 79.3 cm³/mol. The summed E-state index contributed by atoms with van der Waals surface area (Å²) in [5.41, 5.74) is 6.04. The summed E-state index contributed by atoms with van der Waals surface area (Å²) in [4.78, 5) is 0.0909. The fourth-order valence-electron chi connectivity index (χ4n) is 2.28. The molecule has 0 aliphatic carbocycles. The van der Waals surface area contributed by atoms with Crippen LogP contribution in [0.2, 0.25) is 5.02 Å². The summed E-state index contributed by atoms with van der Waals surface area (Å²) in [6.07, 6.45) is 1.84. The van der Waals surface area contributed by atoms with Gasteiger partial charge in [-0.05, 0) is 31.0 Å². The lowest BCUT2D eigenvalue weighted by Gasteiger charge is -2.24. The number of sulfonamides is 1. The van der Waals surface area contributed by atoms with Gasteiger partial charge in [-0.2, -0.15) is 4.31 Å². The van der Waals surface area contributed by atoms with E-state index in [-0.39, 0.29) is 16.0 Å². The van der Waals surface area contributed by atoms with E-state index in [2.05, 4.69) is 0 Å². The van der Waals surface area contributed by atoms with Crippen molar-refractivity contribution in [1.29, 1.82) is 0 Å². The molecule has 112 valence electrons. The Hall–Kier alpha value is -0.820. The molecule has 1 aliphatic rings. The van der Waals surface area contributed by atoms with Crippen molar-refractivity contribution in [1.82, 2.24) is 4.31 Å². The molecule has 20 heavy (non-hydrogen) atoms. The Morgan fingerprint density at radius 1 is 1.50 bits per heavy atom. The van der Waals surface area contributed by atoms with Gasteiger partial charge in [0.1, 0.15) is 4.90 Å². The van der Waals surface area contributed by atoms with Crippen molar-refractivity contribution in [2.75, 3.05) is 25.4 Å². The maximum Gasteiger partial charge on any atom is 0.244 e. The summed E-state index contributed by atoms with van der Waals surface area (Å²) in [6.45, 7) is 3.24. The molecule has 1 aromatic rings. The van der Waals surface area contributed by atoms with Gasteiger partial charge in [0.05, 0.1) is 11.1 Å². The predicted octanol–water partition coefficient (Wildman–Crippen LogP) is 2.11. The number of likely N-dealkylation sites (N-methyl/N-ethyl adjacent to an activating group) is 1. The van der Waals surface area contributed by atoms with Crippen molar-refractivity contribution in [2.24, 2.45) is 0 Å².